The van der Waals surface area contributed by atoms with Gasteiger partial charge in [-0.05, 0) is 31.0 Å². The number of rotatable bonds is 5. The Balaban J connectivity index is 1.79. The summed E-state index contributed by atoms with van der Waals surface area (Å²) < 4.78 is 24.0. The van der Waals surface area contributed by atoms with Crippen LogP contribution >= 0.6 is 0 Å². The van der Waals surface area contributed by atoms with Crippen molar-refractivity contribution in [2.24, 2.45) is 0 Å². The fraction of sp³-hybridized carbons (Fsp3) is 0.571. The molecule has 2 rings (SSSR count). The summed E-state index contributed by atoms with van der Waals surface area (Å²) in [7, 11) is 1.55. The predicted molar refractivity (Wildman–Crippen MR) is 68.5 cm³/mol. The second-order valence-corrected chi connectivity index (χ2v) is 4.51. The van der Waals surface area contributed by atoms with Gasteiger partial charge in [-0.2, -0.15) is 0 Å². The number of nitrogens with zero attached hydrogens (tertiary/aromatic N) is 1. The number of halogens is 1. The summed E-state index contributed by atoms with van der Waals surface area (Å²) >= 11 is 0. The molecule has 4 heteroatoms. The molecule has 0 saturated carbocycles. The summed E-state index contributed by atoms with van der Waals surface area (Å²) in [5, 5.41) is 0. The topological polar surface area (TPSA) is 21.7 Å². The number of hydrogen-bond acceptors (Lipinski definition) is 3. The molecule has 0 amide bonds. The van der Waals surface area contributed by atoms with E-state index in [1.807, 2.05) is 12.1 Å². The first kappa shape index (κ1) is 13.3. The molecule has 0 atom stereocenters. The fourth-order valence-corrected chi connectivity index (χ4v) is 2.18. The van der Waals surface area contributed by atoms with Gasteiger partial charge in [0.25, 0.3) is 0 Å². The Labute approximate surface area is 107 Å². The van der Waals surface area contributed by atoms with E-state index in [1.165, 1.54) is 6.07 Å². The lowest BCUT2D eigenvalue weighted by Gasteiger charge is -2.26. The van der Waals surface area contributed by atoms with E-state index in [0.29, 0.717) is 5.75 Å². The lowest BCUT2D eigenvalue weighted by Crippen LogP contribution is -2.36. The fourth-order valence-electron chi connectivity index (χ4n) is 2.18. The van der Waals surface area contributed by atoms with Crippen LogP contribution in [0.5, 0.6) is 5.75 Å². The van der Waals surface area contributed by atoms with Crippen molar-refractivity contribution < 1.29 is 13.9 Å². The van der Waals surface area contributed by atoms with Crippen molar-refractivity contribution in [3.8, 4) is 5.75 Å². The van der Waals surface area contributed by atoms with E-state index in [1.54, 1.807) is 7.11 Å². The standard InChI is InChI=1S/C14H20FNO2/c1-17-13-5-4-12(14(15)11-13)3-2-6-16-7-9-18-10-8-16/h4-5,11H,2-3,6-10H2,1H3. The highest BCUT2D eigenvalue weighted by molar-refractivity contribution is 5.28. The van der Waals surface area contributed by atoms with Crippen LogP contribution in [-0.4, -0.2) is 44.9 Å². The number of benzene rings is 1. The molecule has 0 unspecified atom stereocenters. The molecule has 1 aromatic carbocycles. The SMILES string of the molecule is COc1ccc(CCCN2CCOCC2)c(F)c1. The Hall–Kier alpha value is -1.13. The Morgan fingerprint density at radius 1 is 1.33 bits per heavy atom. The maximum absolute atomic E-state index is 13.7. The van der Waals surface area contributed by atoms with Crippen molar-refractivity contribution in [2.45, 2.75) is 12.8 Å². The Morgan fingerprint density at radius 2 is 2.11 bits per heavy atom. The quantitative estimate of drug-likeness (QED) is 0.802. The second-order valence-electron chi connectivity index (χ2n) is 4.51. The average Bonchev–Trinajstić information content (AvgIpc) is 2.42. The van der Waals surface area contributed by atoms with Gasteiger partial charge in [0.05, 0.1) is 20.3 Å². The van der Waals surface area contributed by atoms with Gasteiger partial charge in [-0.3, -0.25) is 4.90 Å². The maximum atomic E-state index is 13.7. The van der Waals surface area contributed by atoms with Crippen molar-refractivity contribution in [1.82, 2.24) is 4.90 Å². The van der Waals surface area contributed by atoms with Crippen molar-refractivity contribution in [3.63, 3.8) is 0 Å². The van der Waals surface area contributed by atoms with Crippen LogP contribution in [0, 0.1) is 5.82 Å². The summed E-state index contributed by atoms with van der Waals surface area (Å²) in [6, 6.07) is 5.07. The predicted octanol–water partition coefficient (Wildman–Crippen LogP) is 2.10. The van der Waals surface area contributed by atoms with Crippen LogP contribution in [0.25, 0.3) is 0 Å². The first-order chi connectivity index (χ1) is 8.79. The van der Waals surface area contributed by atoms with E-state index in [2.05, 4.69) is 4.90 Å². The molecular formula is C14H20FNO2. The molecule has 18 heavy (non-hydrogen) atoms. The third-order valence-corrected chi connectivity index (χ3v) is 3.28. The lowest BCUT2D eigenvalue weighted by molar-refractivity contribution is 0.0374. The van der Waals surface area contributed by atoms with Crippen LogP contribution in [-0.2, 0) is 11.2 Å². The van der Waals surface area contributed by atoms with Crippen LogP contribution in [0.2, 0.25) is 0 Å². The third kappa shape index (κ3) is 3.68. The molecule has 100 valence electrons. The summed E-state index contributed by atoms with van der Waals surface area (Å²) in [5.41, 5.74) is 0.768. The van der Waals surface area contributed by atoms with Crippen molar-refractivity contribution in [1.29, 1.82) is 0 Å². The molecular weight excluding hydrogens is 233 g/mol. The van der Waals surface area contributed by atoms with Crippen LogP contribution in [0.4, 0.5) is 4.39 Å². The van der Waals surface area contributed by atoms with E-state index in [0.717, 1.165) is 51.3 Å². The zero-order chi connectivity index (χ0) is 12.8. The summed E-state index contributed by atoms with van der Waals surface area (Å²) in [5.74, 6) is 0.403. The molecule has 0 radical (unpaired) electrons. The smallest absolute Gasteiger partial charge is 0.130 e. The number of methoxy groups -OCH3 is 1. The molecule has 0 bridgehead atoms. The first-order valence-electron chi connectivity index (χ1n) is 6.42. The maximum Gasteiger partial charge on any atom is 0.130 e. The van der Waals surface area contributed by atoms with E-state index in [-0.39, 0.29) is 5.82 Å². The molecule has 1 aliphatic heterocycles. The third-order valence-electron chi connectivity index (χ3n) is 3.28. The molecule has 1 saturated heterocycles. The van der Waals surface area contributed by atoms with E-state index in [9.17, 15) is 4.39 Å². The van der Waals surface area contributed by atoms with Gasteiger partial charge in [-0.1, -0.05) is 6.07 Å². The molecule has 1 aromatic rings. The average molecular weight is 253 g/mol. The van der Waals surface area contributed by atoms with Gasteiger partial charge in [0.15, 0.2) is 0 Å². The number of aryl methyl sites for hydroxylation is 1. The highest BCUT2D eigenvalue weighted by Crippen LogP contribution is 2.17. The Kier molecular flexibility index (Phi) is 4.96. The van der Waals surface area contributed by atoms with Gasteiger partial charge in [0.1, 0.15) is 11.6 Å². The van der Waals surface area contributed by atoms with Gasteiger partial charge in [0, 0.05) is 19.2 Å². The van der Waals surface area contributed by atoms with Gasteiger partial charge in [0.2, 0.25) is 0 Å². The molecule has 0 N–H and O–H groups in total. The number of ether oxygens (including phenoxy) is 2. The van der Waals surface area contributed by atoms with E-state index >= 15 is 0 Å². The van der Waals surface area contributed by atoms with E-state index < -0.39 is 0 Å². The monoisotopic (exact) mass is 253 g/mol. The van der Waals surface area contributed by atoms with Crippen LogP contribution in [0.3, 0.4) is 0 Å². The molecule has 1 fully saturated rings. The minimum absolute atomic E-state index is 0.170. The first-order valence-corrected chi connectivity index (χ1v) is 6.42. The number of hydrogen-bond donors (Lipinski definition) is 0. The molecule has 1 aliphatic rings. The molecule has 0 aromatic heterocycles. The van der Waals surface area contributed by atoms with Crippen molar-refractivity contribution in [2.75, 3.05) is 40.0 Å². The molecule has 3 nitrogen and oxygen atoms in total. The summed E-state index contributed by atoms with van der Waals surface area (Å²) in [6.07, 6.45) is 1.75. The summed E-state index contributed by atoms with van der Waals surface area (Å²) in [4.78, 5) is 2.37. The zero-order valence-electron chi connectivity index (χ0n) is 10.8. The lowest BCUT2D eigenvalue weighted by atomic mass is 10.1. The minimum atomic E-state index is -0.170. The highest BCUT2D eigenvalue weighted by atomic mass is 19.1. The minimum Gasteiger partial charge on any atom is -0.497 e. The Bertz CT molecular complexity index is 378. The largest absolute Gasteiger partial charge is 0.497 e. The Morgan fingerprint density at radius 3 is 2.78 bits per heavy atom. The zero-order valence-corrected chi connectivity index (χ0v) is 10.8. The van der Waals surface area contributed by atoms with Crippen LogP contribution in [0.1, 0.15) is 12.0 Å². The van der Waals surface area contributed by atoms with Gasteiger partial charge in [-0.15, -0.1) is 0 Å². The highest BCUT2D eigenvalue weighted by Gasteiger charge is 2.10. The number of morpholine rings is 1. The summed E-state index contributed by atoms with van der Waals surface area (Å²) in [6.45, 7) is 4.62. The van der Waals surface area contributed by atoms with Crippen LogP contribution in [0.15, 0.2) is 18.2 Å². The van der Waals surface area contributed by atoms with Crippen LogP contribution < -0.4 is 4.74 Å². The molecule has 0 aliphatic carbocycles. The van der Waals surface area contributed by atoms with Crippen molar-refractivity contribution >= 4 is 0 Å². The second kappa shape index (κ2) is 6.71. The van der Waals surface area contributed by atoms with Gasteiger partial charge >= 0.3 is 0 Å². The van der Waals surface area contributed by atoms with Gasteiger partial charge < -0.3 is 9.47 Å². The van der Waals surface area contributed by atoms with Gasteiger partial charge in [-0.25, -0.2) is 4.39 Å². The van der Waals surface area contributed by atoms with E-state index in [4.69, 9.17) is 9.47 Å². The van der Waals surface area contributed by atoms with Crippen molar-refractivity contribution in [3.05, 3.63) is 29.6 Å². The molecule has 0 spiro atoms. The normalized spacial score (nSPS) is 16.8. The molecule has 1 heterocycles.